The third kappa shape index (κ3) is 3.77. The summed E-state index contributed by atoms with van der Waals surface area (Å²) < 4.78 is 22.2. The molecule has 96 valence electrons. The third-order valence-corrected chi connectivity index (χ3v) is 5.69. The summed E-state index contributed by atoms with van der Waals surface area (Å²) in [6.07, 6.45) is 0. The van der Waals surface area contributed by atoms with Crippen molar-refractivity contribution in [3.8, 4) is 0 Å². The van der Waals surface area contributed by atoms with E-state index < -0.39 is 19.3 Å². The van der Waals surface area contributed by atoms with Crippen LogP contribution < -0.4 is 0 Å². The lowest BCUT2D eigenvalue weighted by atomic mass is 10.4. The lowest BCUT2D eigenvalue weighted by Crippen LogP contribution is -2.37. The van der Waals surface area contributed by atoms with Gasteiger partial charge in [-0.15, -0.1) is 0 Å². The number of rotatable bonds is 3. The molecule has 1 aromatic carbocycles. The Morgan fingerprint density at radius 2 is 1.59 bits per heavy atom. The molecule has 9 heteroatoms. The van der Waals surface area contributed by atoms with E-state index in [9.17, 15) is 8.42 Å². The second-order valence-electron chi connectivity index (χ2n) is 2.94. The Balaban J connectivity index is 3.09. The highest BCUT2D eigenvalue weighted by molar-refractivity contribution is 7.90. The average Bonchev–Trinajstić information content (AvgIpc) is 2.27. The molecule has 0 bridgehead atoms. The van der Waals surface area contributed by atoms with Crippen molar-refractivity contribution in [1.82, 2.24) is 3.82 Å². The standard InChI is InChI=1S/C8H6Cl5NO2S/c9-7(8(10,11)12)14(13)17(15,16)6-4-2-1-3-5-6/h1-5,7H. The fourth-order valence-corrected chi connectivity index (χ4v) is 3.35. The highest BCUT2D eigenvalue weighted by atomic mass is 35.6. The van der Waals surface area contributed by atoms with Gasteiger partial charge in [0.05, 0.1) is 4.90 Å². The fraction of sp³-hybridized carbons (Fsp3) is 0.250. The second kappa shape index (κ2) is 5.70. The molecular formula is C8H6Cl5NO2S. The molecule has 0 aliphatic carbocycles. The van der Waals surface area contributed by atoms with Gasteiger partial charge in [0.2, 0.25) is 3.79 Å². The smallest absolute Gasteiger partial charge is 0.206 e. The third-order valence-electron chi connectivity index (χ3n) is 1.72. The first-order valence-electron chi connectivity index (χ1n) is 4.13. The molecule has 0 N–H and O–H groups in total. The summed E-state index contributed by atoms with van der Waals surface area (Å²) in [6, 6.07) is 7.44. The lowest BCUT2D eigenvalue weighted by Gasteiger charge is -2.24. The Morgan fingerprint density at radius 1 is 1.12 bits per heavy atom. The van der Waals surface area contributed by atoms with Crippen LogP contribution in [-0.2, 0) is 10.0 Å². The van der Waals surface area contributed by atoms with E-state index in [0.717, 1.165) is 0 Å². The zero-order chi connectivity index (χ0) is 13.3. The SMILES string of the molecule is O=S(=O)(c1ccccc1)N(Cl)C(Cl)C(Cl)(Cl)Cl. The number of hydrogen-bond donors (Lipinski definition) is 0. The predicted octanol–water partition coefficient (Wildman–Crippen LogP) is 3.77. The van der Waals surface area contributed by atoms with Crippen molar-refractivity contribution >= 4 is 68.2 Å². The summed E-state index contributed by atoms with van der Waals surface area (Å²) in [5, 5.41) is 0. The summed E-state index contributed by atoms with van der Waals surface area (Å²) in [5.74, 6) is 0. The average molecular weight is 357 g/mol. The molecule has 3 nitrogen and oxygen atoms in total. The maximum absolute atomic E-state index is 12.0. The number of halogens is 5. The van der Waals surface area contributed by atoms with Gasteiger partial charge in [0.1, 0.15) is 0 Å². The van der Waals surface area contributed by atoms with Crippen LogP contribution in [0.25, 0.3) is 0 Å². The first-order valence-corrected chi connectivity index (χ1v) is 7.48. The number of alkyl halides is 4. The zero-order valence-electron chi connectivity index (χ0n) is 8.03. The van der Waals surface area contributed by atoms with Gasteiger partial charge in [-0.2, -0.15) is 0 Å². The number of hydrogen-bond acceptors (Lipinski definition) is 2. The zero-order valence-corrected chi connectivity index (χ0v) is 12.6. The first kappa shape index (κ1) is 15.6. The number of benzene rings is 1. The van der Waals surface area contributed by atoms with Crippen LogP contribution in [0.4, 0.5) is 0 Å². The van der Waals surface area contributed by atoms with E-state index in [1.807, 2.05) is 0 Å². The Hall–Kier alpha value is 0.580. The van der Waals surface area contributed by atoms with Gasteiger partial charge in [-0.05, 0) is 23.9 Å². The van der Waals surface area contributed by atoms with Gasteiger partial charge in [-0.3, -0.25) is 0 Å². The van der Waals surface area contributed by atoms with Crippen molar-refractivity contribution in [2.75, 3.05) is 0 Å². The van der Waals surface area contributed by atoms with Crippen molar-refractivity contribution in [2.24, 2.45) is 0 Å². The van der Waals surface area contributed by atoms with Crippen molar-refractivity contribution in [3.63, 3.8) is 0 Å². The minimum atomic E-state index is -4.01. The number of sulfonamides is 1. The van der Waals surface area contributed by atoms with E-state index in [1.54, 1.807) is 6.07 Å². The molecule has 0 saturated heterocycles. The Morgan fingerprint density at radius 3 is 2.00 bits per heavy atom. The molecule has 0 radical (unpaired) electrons. The minimum absolute atomic E-state index is 0.0464. The normalized spacial score (nSPS) is 14.9. The van der Waals surface area contributed by atoms with Crippen LogP contribution in [0.2, 0.25) is 0 Å². The Kier molecular flexibility index (Phi) is 5.24. The monoisotopic (exact) mass is 355 g/mol. The summed E-state index contributed by atoms with van der Waals surface area (Å²) in [4.78, 5) is -0.0464. The second-order valence-corrected chi connectivity index (χ2v) is 8.10. The predicted molar refractivity (Wildman–Crippen MR) is 71.3 cm³/mol. The van der Waals surface area contributed by atoms with E-state index in [-0.39, 0.29) is 8.72 Å². The van der Waals surface area contributed by atoms with Crippen molar-refractivity contribution < 1.29 is 8.42 Å². The molecule has 0 heterocycles. The fourth-order valence-electron chi connectivity index (χ4n) is 0.930. The van der Waals surface area contributed by atoms with Gasteiger partial charge in [0.25, 0.3) is 10.0 Å². The summed E-state index contributed by atoms with van der Waals surface area (Å²) in [5.41, 5.74) is -1.53. The summed E-state index contributed by atoms with van der Waals surface area (Å²) in [7, 11) is -4.01. The molecular weight excluding hydrogens is 351 g/mol. The van der Waals surface area contributed by atoms with Crippen LogP contribution in [0.3, 0.4) is 0 Å². The molecule has 0 fully saturated rings. The van der Waals surface area contributed by atoms with Gasteiger partial charge >= 0.3 is 0 Å². The number of nitrogens with zero attached hydrogens (tertiary/aromatic N) is 1. The van der Waals surface area contributed by atoms with Crippen molar-refractivity contribution in [1.29, 1.82) is 0 Å². The van der Waals surface area contributed by atoms with Crippen molar-refractivity contribution in [3.05, 3.63) is 30.3 Å². The minimum Gasteiger partial charge on any atom is -0.206 e. The van der Waals surface area contributed by atoms with Gasteiger partial charge in [0.15, 0.2) is 5.50 Å². The van der Waals surface area contributed by atoms with Crippen LogP contribution in [-0.4, -0.2) is 21.5 Å². The topological polar surface area (TPSA) is 37.4 Å². The molecule has 0 amide bonds. The van der Waals surface area contributed by atoms with Crippen LogP contribution in [0, 0.1) is 0 Å². The molecule has 1 aromatic rings. The van der Waals surface area contributed by atoms with E-state index >= 15 is 0 Å². The highest BCUT2D eigenvalue weighted by Gasteiger charge is 2.41. The van der Waals surface area contributed by atoms with Gasteiger partial charge in [-0.25, -0.2) is 8.42 Å². The maximum atomic E-state index is 12.0. The van der Waals surface area contributed by atoms with E-state index in [4.69, 9.17) is 58.2 Å². The molecule has 0 spiro atoms. The van der Waals surface area contributed by atoms with Crippen LogP contribution >= 0.6 is 58.2 Å². The molecule has 1 rings (SSSR count). The van der Waals surface area contributed by atoms with Crippen LogP contribution in [0.5, 0.6) is 0 Å². The Bertz CT molecular complexity index is 472. The van der Waals surface area contributed by atoms with E-state index in [1.165, 1.54) is 24.3 Å². The van der Waals surface area contributed by atoms with Gasteiger partial charge in [-0.1, -0.05) is 68.4 Å². The molecule has 1 atom stereocenters. The van der Waals surface area contributed by atoms with Crippen LogP contribution in [0.1, 0.15) is 0 Å². The van der Waals surface area contributed by atoms with Gasteiger partial charge in [0, 0.05) is 0 Å². The maximum Gasteiger partial charge on any atom is 0.257 e. The highest BCUT2D eigenvalue weighted by Crippen LogP contribution is 2.38. The molecule has 0 aromatic heterocycles. The van der Waals surface area contributed by atoms with E-state index in [2.05, 4.69) is 0 Å². The summed E-state index contributed by atoms with van der Waals surface area (Å²) in [6.45, 7) is 0. The summed E-state index contributed by atoms with van der Waals surface area (Å²) >= 11 is 27.7. The Labute approximate surface area is 124 Å². The molecule has 1 unspecified atom stereocenters. The van der Waals surface area contributed by atoms with E-state index in [0.29, 0.717) is 0 Å². The first-order chi connectivity index (χ1) is 7.67. The van der Waals surface area contributed by atoms with Crippen LogP contribution in [0.15, 0.2) is 35.2 Å². The molecule has 0 aliphatic rings. The molecule has 0 saturated carbocycles. The quantitative estimate of drug-likeness (QED) is 0.469. The largest absolute Gasteiger partial charge is 0.257 e. The van der Waals surface area contributed by atoms with Gasteiger partial charge < -0.3 is 0 Å². The molecule has 17 heavy (non-hydrogen) atoms. The lowest BCUT2D eigenvalue weighted by molar-refractivity contribution is 0.521. The van der Waals surface area contributed by atoms with Crippen molar-refractivity contribution in [2.45, 2.75) is 14.2 Å². The molecule has 0 aliphatic heterocycles.